The van der Waals surface area contributed by atoms with E-state index in [9.17, 15) is 5.11 Å². The maximum Gasteiger partial charge on any atom is 0.133 e. The molecule has 78 valence electrons. The molecule has 0 amide bonds. The Morgan fingerprint density at radius 2 is 1.93 bits per heavy atom. The van der Waals surface area contributed by atoms with Gasteiger partial charge in [-0.1, -0.05) is 6.07 Å². The summed E-state index contributed by atoms with van der Waals surface area (Å²) >= 11 is 3.44. The second-order valence-electron chi connectivity index (χ2n) is 3.83. The van der Waals surface area contributed by atoms with Crippen molar-refractivity contribution in [3.05, 3.63) is 27.7 Å². The molecule has 2 nitrogen and oxygen atoms in total. The second-order valence-corrected chi connectivity index (χ2v) is 4.63. The van der Waals surface area contributed by atoms with E-state index >= 15 is 0 Å². The lowest BCUT2D eigenvalue weighted by atomic mass is 9.94. The Balaban J connectivity index is 3.40. The first-order valence-electron chi connectivity index (χ1n) is 4.44. The first-order chi connectivity index (χ1) is 6.38. The third kappa shape index (κ3) is 2.10. The molecule has 14 heavy (non-hydrogen) atoms. The van der Waals surface area contributed by atoms with E-state index in [1.165, 1.54) is 0 Å². The molecule has 0 radical (unpaired) electrons. The van der Waals surface area contributed by atoms with Gasteiger partial charge in [0.2, 0.25) is 0 Å². The van der Waals surface area contributed by atoms with E-state index in [-0.39, 0.29) is 0 Å². The number of aliphatic hydroxyl groups is 1. The standard InChI is InChI=1S/C11H15BrO2/c1-7-5-6-8(14-4)10(12)9(7)11(2,3)13/h5-6,13H,1-4H3. The molecule has 1 rings (SSSR count). The average molecular weight is 259 g/mol. The summed E-state index contributed by atoms with van der Waals surface area (Å²) in [5.74, 6) is 0.743. The van der Waals surface area contributed by atoms with Gasteiger partial charge in [-0.25, -0.2) is 0 Å². The number of benzene rings is 1. The lowest BCUT2D eigenvalue weighted by Crippen LogP contribution is -2.18. The lowest BCUT2D eigenvalue weighted by molar-refractivity contribution is 0.0768. The molecule has 0 bridgehead atoms. The zero-order valence-electron chi connectivity index (χ0n) is 8.89. The van der Waals surface area contributed by atoms with Gasteiger partial charge in [0.1, 0.15) is 5.75 Å². The predicted molar refractivity (Wildman–Crippen MR) is 60.7 cm³/mol. The molecule has 0 saturated heterocycles. The Hall–Kier alpha value is -0.540. The van der Waals surface area contributed by atoms with Crippen molar-refractivity contribution in [2.24, 2.45) is 0 Å². The van der Waals surface area contributed by atoms with Crippen LogP contribution in [0.25, 0.3) is 0 Å². The first-order valence-corrected chi connectivity index (χ1v) is 5.23. The Morgan fingerprint density at radius 3 is 2.36 bits per heavy atom. The zero-order valence-corrected chi connectivity index (χ0v) is 10.5. The van der Waals surface area contributed by atoms with Crippen LogP contribution in [0.3, 0.4) is 0 Å². The molecule has 0 aromatic heterocycles. The number of ether oxygens (including phenoxy) is 1. The predicted octanol–water partition coefficient (Wildman–Crippen LogP) is 2.99. The van der Waals surface area contributed by atoms with Crippen molar-refractivity contribution in [1.29, 1.82) is 0 Å². The van der Waals surface area contributed by atoms with E-state index in [0.717, 1.165) is 21.3 Å². The highest BCUT2D eigenvalue weighted by Crippen LogP contribution is 2.37. The normalized spacial score (nSPS) is 11.6. The summed E-state index contributed by atoms with van der Waals surface area (Å²) in [5.41, 5.74) is 1.05. The smallest absolute Gasteiger partial charge is 0.133 e. The molecule has 0 unspecified atom stereocenters. The third-order valence-electron chi connectivity index (χ3n) is 2.15. The van der Waals surface area contributed by atoms with Gasteiger partial charge in [-0.05, 0) is 48.3 Å². The molecule has 0 atom stereocenters. The molecule has 0 saturated carbocycles. The number of aryl methyl sites for hydroxylation is 1. The van der Waals surface area contributed by atoms with Crippen LogP contribution in [0.2, 0.25) is 0 Å². The second kappa shape index (κ2) is 3.91. The summed E-state index contributed by atoms with van der Waals surface area (Å²) in [6.45, 7) is 5.50. The number of hydrogen-bond donors (Lipinski definition) is 1. The molecule has 3 heteroatoms. The Morgan fingerprint density at radius 1 is 1.36 bits per heavy atom. The van der Waals surface area contributed by atoms with Gasteiger partial charge in [0, 0.05) is 5.56 Å². The number of rotatable bonds is 2. The number of halogens is 1. The molecule has 0 heterocycles. The first kappa shape index (κ1) is 11.5. The molecule has 0 aliphatic carbocycles. The quantitative estimate of drug-likeness (QED) is 0.884. The van der Waals surface area contributed by atoms with Crippen LogP contribution in [-0.4, -0.2) is 12.2 Å². The Bertz CT molecular complexity index is 340. The van der Waals surface area contributed by atoms with E-state index in [0.29, 0.717) is 0 Å². The molecule has 0 aliphatic rings. The molecule has 1 aromatic carbocycles. The van der Waals surface area contributed by atoms with Crippen LogP contribution in [0.4, 0.5) is 0 Å². The van der Waals surface area contributed by atoms with Crippen molar-refractivity contribution in [2.45, 2.75) is 26.4 Å². The summed E-state index contributed by atoms with van der Waals surface area (Å²) in [5, 5.41) is 9.99. The van der Waals surface area contributed by atoms with Crippen molar-refractivity contribution in [3.63, 3.8) is 0 Å². The number of methoxy groups -OCH3 is 1. The zero-order chi connectivity index (χ0) is 10.9. The minimum Gasteiger partial charge on any atom is -0.496 e. The maximum atomic E-state index is 9.99. The fraction of sp³-hybridized carbons (Fsp3) is 0.455. The highest BCUT2D eigenvalue weighted by molar-refractivity contribution is 9.10. The van der Waals surface area contributed by atoms with Gasteiger partial charge in [-0.15, -0.1) is 0 Å². The fourth-order valence-electron chi connectivity index (χ4n) is 1.56. The van der Waals surface area contributed by atoms with Gasteiger partial charge in [-0.2, -0.15) is 0 Å². The van der Waals surface area contributed by atoms with Gasteiger partial charge in [-0.3, -0.25) is 0 Å². The number of hydrogen-bond acceptors (Lipinski definition) is 2. The van der Waals surface area contributed by atoms with E-state index < -0.39 is 5.60 Å². The summed E-state index contributed by atoms with van der Waals surface area (Å²) < 4.78 is 6.00. The average Bonchev–Trinajstić information content (AvgIpc) is 2.02. The van der Waals surface area contributed by atoms with Crippen LogP contribution in [0, 0.1) is 6.92 Å². The van der Waals surface area contributed by atoms with Crippen molar-refractivity contribution in [1.82, 2.24) is 0 Å². The van der Waals surface area contributed by atoms with Crippen molar-refractivity contribution >= 4 is 15.9 Å². The summed E-state index contributed by atoms with van der Waals surface area (Å²) in [6.07, 6.45) is 0. The van der Waals surface area contributed by atoms with Crippen LogP contribution in [0.15, 0.2) is 16.6 Å². The van der Waals surface area contributed by atoms with Crippen LogP contribution in [0.5, 0.6) is 5.75 Å². The third-order valence-corrected chi connectivity index (χ3v) is 2.93. The van der Waals surface area contributed by atoms with Gasteiger partial charge in [0.15, 0.2) is 0 Å². The van der Waals surface area contributed by atoms with Gasteiger partial charge < -0.3 is 9.84 Å². The van der Waals surface area contributed by atoms with Crippen molar-refractivity contribution in [3.8, 4) is 5.75 Å². The lowest BCUT2D eigenvalue weighted by Gasteiger charge is -2.23. The topological polar surface area (TPSA) is 29.5 Å². The molecule has 0 fully saturated rings. The molecule has 0 aliphatic heterocycles. The van der Waals surface area contributed by atoms with Crippen LogP contribution < -0.4 is 4.74 Å². The minimum atomic E-state index is -0.864. The van der Waals surface area contributed by atoms with E-state index in [2.05, 4.69) is 15.9 Å². The Labute approximate surface area is 93.0 Å². The van der Waals surface area contributed by atoms with Crippen LogP contribution >= 0.6 is 15.9 Å². The molecular formula is C11H15BrO2. The summed E-state index contributed by atoms with van der Waals surface area (Å²) in [6, 6.07) is 3.82. The molecule has 0 spiro atoms. The highest BCUT2D eigenvalue weighted by atomic mass is 79.9. The van der Waals surface area contributed by atoms with Crippen molar-refractivity contribution < 1.29 is 9.84 Å². The molecule has 1 aromatic rings. The molecule has 1 N–H and O–H groups in total. The highest BCUT2D eigenvalue weighted by Gasteiger charge is 2.23. The van der Waals surface area contributed by atoms with Gasteiger partial charge >= 0.3 is 0 Å². The van der Waals surface area contributed by atoms with Gasteiger partial charge in [0.25, 0.3) is 0 Å². The molecular weight excluding hydrogens is 244 g/mol. The minimum absolute atomic E-state index is 0.743. The van der Waals surface area contributed by atoms with Crippen LogP contribution in [0.1, 0.15) is 25.0 Å². The van der Waals surface area contributed by atoms with Crippen LogP contribution in [-0.2, 0) is 5.60 Å². The van der Waals surface area contributed by atoms with E-state index in [1.807, 2.05) is 19.1 Å². The fourth-order valence-corrected chi connectivity index (χ4v) is 2.65. The van der Waals surface area contributed by atoms with E-state index in [4.69, 9.17) is 4.74 Å². The Kier molecular flexibility index (Phi) is 3.22. The summed E-state index contributed by atoms with van der Waals surface area (Å²) in [4.78, 5) is 0. The summed E-state index contributed by atoms with van der Waals surface area (Å²) in [7, 11) is 1.61. The monoisotopic (exact) mass is 258 g/mol. The largest absolute Gasteiger partial charge is 0.496 e. The van der Waals surface area contributed by atoms with Crippen molar-refractivity contribution in [2.75, 3.05) is 7.11 Å². The van der Waals surface area contributed by atoms with E-state index in [1.54, 1.807) is 21.0 Å². The maximum absolute atomic E-state index is 9.99. The van der Waals surface area contributed by atoms with Gasteiger partial charge in [0.05, 0.1) is 17.2 Å². The SMILES string of the molecule is COc1ccc(C)c(C(C)(C)O)c1Br.